The standard InChI is InChI=1S/C13H15ClN2/c1-2-3-9-6-13(9)16-11-5-4-10(8-15)12(14)7-11/h4-5,7,9,13,16H,2-3,6H2,1H3. The van der Waals surface area contributed by atoms with E-state index in [0.29, 0.717) is 16.6 Å². The summed E-state index contributed by atoms with van der Waals surface area (Å²) in [5, 5.41) is 12.7. The Bertz CT molecular complexity index is 422. The average Bonchev–Trinajstić information content (AvgIpc) is 2.97. The lowest BCUT2D eigenvalue weighted by atomic mass is 10.2. The highest BCUT2D eigenvalue weighted by molar-refractivity contribution is 6.32. The van der Waals surface area contributed by atoms with Crippen molar-refractivity contribution in [3.05, 3.63) is 28.8 Å². The van der Waals surface area contributed by atoms with Gasteiger partial charge in [0.15, 0.2) is 0 Å². The third-order valence-corrected chi connectivity index (χ3v) is 3.34. The van der Waals surface area contributed by atoms with Crippen LogP contribution in [0.1, 0.15) is 31.7 Å². The Morgan fingerprint density at radius 2 is 2.38 bits per heavy atom. The molecule has 0 spiro atoms. The van der Waals surface area contributed by atoms with E-state index in [1.54, 1.807) is 6.07 Å². The van der Waals surface area contributed by atoms with E-state index in [2.05, 4.69) is 18.3 Å². The molecule has 0 amide bonds. The molecule has 1 aromatic rings. The van der Waals surface area contributed by atoms with Gasteiger partial charge < -0.3 is 5.32 Å². The lowest BCUT2D eigenvalue weighted by Crippen LogP contribution is -2.04. The number of halogens is 1. The van der Waals surface area contributed by atoms with E-state index < -0.39 is 0 Å². The zero-order chi connectivity index (χ0) is 11.5. The zero-order valence-corrected chi connectivity index (χ0v) is 10.1. The van der Waals surface area contributed by atoms with Gasteiger partial charge in [-0.05, 0) is 37.0 Å². The van der Waals surface area contributed by atoms with Gasteiger partial charge in [0, 0.05) is 11.7 Å². The van der Waals surface area contributed by atoms with Gasteiger partial charge in [0.25, 0.3) is 0 Å². The van der Waals surface area contributed by atoms with Gasteiger partial charge in [-0.3, -0.25) is 0 Å². The number of nitriles is 1. The van der Waals surface area contributed by atoms with Crippen LogP contribution in [-0.4, -0.2) is 6.04 Å². The summed E-state index contributed by atoms with van der Waals surface area (Å²) in [5.41, 5.74) is 1.56. The van der Waals surface area contributed by atoms with Gasteiger partial charge in [0.1, 0.15) is 6.07 Å². The number of rotatable bonds is 4. The average molecular weight is 235 g/mol. The molecule has 1 saturated carbocycles. The molecule has 1 aliphatic rings. The van der Waals surface area contributed by atoms with Gasteiger partial charge in [0.2, 0.25) is 0 Å². The van der Waals surface area contributed by atoms with Crippen molar-refractivity contribution in [1.82, 2.24) is 0 Å². The minimum atomic E-state index is 0.528. The van der Waals surface area contributed by atoms with Crippen LogP contribution in [0.4, 0.5) is 5.69 Å². The van der Waals surface area contributed by atoms with Gasteiger partial charge in [-0.15, -0.1) is 0 Å². The third kappa shape index (κ3) is 2.48. The molecule has 1 aromatic carbocycles. The molecular formula is C13H15ClN2. The fraction of sp³-hybridized carbons (Fsp3) is 0.462. The van der Waals surface area contributed by atoms with Crippen LogP contribution in [0.15, 0.2) is 18.2 Å². The lowest BCUT2D eigenvalue weighted by molar-refractivity contribution is 0.693. The Morgan fingerprint density at radius 1 is 1.56 bits per heavy atom. The van der Waals surface area contributed by atoms with Crippen molar-refractivity contribution in [3.8, 4) is 6.07 Å². The third-order valence-electron chi connectivity index (χ3n) is 3.02. The van der Waals surface area contributed by atoms with E-state index in [9.17, 15) is 0 Å². The fourth-order valence-electron chi connectivity index (χ4n) is 2.02. The largest absolute Gasteiger partial charge is 0.382 e. The lowest BCUT2D eigenvalue weighted by Gasteiger charge is -2.06. The van der Waals surface area contributed by atoms with Crippen molar-refractivity contribution < 1.29 is 0 Å². The predicted octanol–water partition coefficient (Wildman–Crippen LogP) is 3.81. The topological polar surface area (TPSA) is 35.8 Å². The number of anilines is 1. The van der Waals surface area contributed by atoms with Crippen molar-refractivity contribution in [2.75, 3.05) is 5.32 Å². The molecule has 2 rings (SSSR count). The minimum absolute atomic E-state index is 0.528. The molecule has 0 saturated heterocycles. The second kappa shape index (κ2) is 4.76. The Kier molecular flexibility index (Phi) is 3.36. The molecular weight excluding hydrogens is 220 g/mol. The Hall–Kier alpha value is -1.20. The van der Waals surface area contributed by atoms with Gasteiger partial charge in [-0.2, -0.15) is 5.26 Å². The number of hydrogen-bond acceptors (Lipinski definition) is 2. The van der Waals surface area contributed by atoms with E-state index in [1.165, 1.54) is 19.3 Å². The molecule has 1 fully saturated rings. The molecule has 2 nitrogen and oxygen atoms in total. The van der Waals surface area contributed by atoms with Crippen LogP contribution in [0, 0.1) is 17.2 Å². The molecule has 2 atom stereocenters. The maximum absolute atomic E-state index is 8.76. The van der Waals surface area contributed by atoms with E-state index in [-0.39, 0.29) is 0 Å². The summed E-state index contributed by atoms with van der Waals surface area (Å²) in [5.74, 6) is 0.819. The molecule has 0 aliphatic heterocycles. The maximum Gasteiger partial charge on any atom is 0.101 e. The van der Waals surface area contributed by atoms with E-state index >= 15 is 0 Å². The fourth-order valence-corrected chi connectivity index (χ4v) is 2.25. The van der Waals surface area contributed by atoms with Crippen molar-refractivity contribution in [2.24, 2.45) is 5.92 Å². The molecule has 2 unspecified atom stereocenters. The number of benzene rings is 1. The number of nitrogens with zero attached hydrogens (tertiary/aromatic N) is 1. The molecule has 1 N–H and O–H groups in total. The second-order valence-electron chi connectivity index (χ2n) is 4.34. The van der Waals surface area contributed by atoms with Gasteiger partial charge in [-0.1, -0.05) is 24.9 Å². The first-order valence-electron chi connectivity index (χ1n) is 5.70. The van der Waals surface area contributed by atoms with E-state index in [1.807, 2.05) is 12.1 Å². The molecule has 0 bridgehead atoms. The quantitative estimate of drug-likeness (QED) is 0.860. The minimum Gasteiger partial charge on any atom is -0.382 e. The first-order valence-corrected chi connectivity index (χ1v) is 6.08. The Balaban J connectivity index is 1.97. The Labute approximate surface area is 101 Å². The summed E-state index contributed by atoms with van der Waals surface area (Å²) in [7, 11) is 0. The van der Waals surface area contributed by atoms with Crippen LogP contribution in [0.5, 0.6) is 0 Å². The highest BCUT2D eigenvalue weighted by Crippen LogP contribution is 2.37. The molecule has 1 aliphatic carbocycles. The maximum atomic E-state index is 8.76. The van der Waals surface area contributed by atoms with Crippen LogP contribution in [0.25, 0.3) is 0 Å². The molecule has 3 heteroatoms. The smallest absolute Gasteiger partial charge is 0.101 e. The summed E-state index contributed by atoms with van der Waals surface area (Å²) in [6.07, 6.45) is 3.80. The van der Waals surface area contributed by atoms with Gasteiger partial charge in [-0.25, -0.2) is 0 Å². The SMILES string of the molecule is CCCC1CC1Nc1ccc(C#N)c(Cl)c1. The monoisotopic (exact) mass is 234 g/mol. The van der Waals surface area contributed by atoms with E-state index in [0.717, 1.165) is 11.6 Å². The summed E-state index contributed by atoms with van der Waals surface area (Å²) in [4.78, 5) is 0. The van der Waals surface area contributed by atoms with Crippen LogP contribution >= 0.6 is 11.6 Å². The highest BCUT2D eigenvalue weighted by Gasteiger charge is 2.35. The van der Waals surface area contributed by atoms with Crippen LogP contribution < -0.4 is 5.32 Å². The highest BCUT2D eigenvalue weighted by atomic mass is 35.5. The second-order valence-corrected chi connectivity index (χ2v) is 4.75. The molecule has 0 heterocycles. The molecule has 84 valence electrons. The van der Waals surface area contributed by atoms with Crippen molar-refractivity contribution in [1.29, 1.82) is 5.26 Å². The van der Waals surface area contributed by atoms with Crippen LogP contribution in [-0.2, 0) is 0 Å². The molecule has 0 aromatic heterocycles. The first-order chi connectivity index (χ1) is 7.74. The van der Waals surface area contributed by atoms with Crippen molar-refractivity contribution >= 4 is 17.3 Å². The zero-order valence-electron chi connectivity index (χ0n) is 9.33. The Morgan fingerprint density at radius 3 is 3.00 bits per heavy atom. The van der Waals surface area contributed by atoms with E-state index in [4.69, 9.17) is 16.9 Å². The van der Waals surface area contributed by atoms with Gasteiger partial charge in [0.05, 0.1) is 10.6 Å². The first kappa shape index (κ1) is 11.3. The summed E-state index contributed by atoms with van der Waals surface area (Å²) in [6.45, 7) is 2.22. The van der Waals surface area contributed by atoms with Crippen molar-refractivity contribution in [3.63, 3.8) is 0 Å². The van der Waals surface area contributed by atoms with Crippen LogP contribution in [0.2, 0.25) is 5.02 Å². The molecule has 16 heavy (non-hydrogen) atoms. The number of hydrogen-bond donors (Lipinski definition) is 1. The summed E-state index contributed by atoms with van der Waals surface area (Å²) in [6, 6.07) is 8.18. The van der Waals surface area contributed by atoms with Crippen molar-refractivity contribution in [2.45, 2.75) is 32.2 Å². The molecule has 0 radical (unpaired) electrons. The summed E-state index contributed by atoms with van der Waals surface area (Å²) >= 11 is 5.97. The normalized spacial score (nSPS) is 22.6. The van der Waals surface area contributed by atoms with Gasteiger partial charge >= 0.3 is 0 Å². The van der Waals surface area contributed by atoms with Crippen LogP contribution in [0.3, 0.4) is 0 Å². The summed E-state index contributed by atoms with van der Waals surface area (Å²) < 4.78 is 0. The number of nitrogens with one attached hydrogen (secondary N) is 1. The predicted molar refractivity (Wildman–Crippen MR) is 66.6 cm³/mol.